The first-order valence-corrected chi connectivity index (χ1v) is 7.19. The van der Waals surface area contributed by atoms with Gasteiger partial charge in [-0.25, -0.2) is 4.98 Å². The van der Waals surface area contributed by atoms with E-state index in [1.165, 1.54) is 0 Å². The Kier molecular flexibility index (Phi) is 3.33. The van der Waals surface area contributed by atoms with Crippen molar-refractivity contribution < 1.29 is 10.6 Å². The third-order valence-corrected chi connectivity index (χ3v) is 4.44. The van der Waals surface area contributed by atoms with Crippen LogP contribution in [0.15, 0.2) is 60.7 Å². The van der Waals surface area contributed by atoms with Crippen LogP contribution in [-0.2, 0) is 10.6 Å². The van der Waals surface area contributed by atoms with Gasteiger partial charge in [-0.2, -0.15) is 0 Å². The van der Waals surface area contributed by atoms with E-state index in [1.54, 1.807) is 17.4 Å². The molecule has 3 aromatic carbocycles. The number of nitrogens with zero attached hydrogens (tertiary/aromatic N) is 1. The Morgan fingerprint density at radius 2 is 1.52 bits per heavy atom. The summed E-state index contributed by atoms with van der Waals surface area (Å²) in [6.45, 7) is 0. The molecule has 0 saturated carbocycles. The van der Waals surface area contributed by atoms with Crippen LogP contribution < -0.4 is 0 Å². The van der Waals surface area contributed by atoms with Gasteiger partial charge in [0.15, 0.2) is 5.75 Å². The molecule has 3 nitrogen and oxygen atoms in total. The second kappa shape index (κ2) is 5.16. The maximum atomic E-state index is 12.3. The first kappa shape index (κ1) is 13.5. The van der Waals surface area contributed by atoms with Crippen molar-refractivity contribution in [3.8, 4) is 16.3 Å². The molecule has 4 rings (SSSR count). The lowest BCUT2D eigenvalue weighted by Crippen LogP contribution is -1.79. The minimum Gasteiger partial charge on any atom is -0.289 e. The summed E-state index contributed by atoms with van der Waals surface area (Å²) in [5, 5.41) is 15.1. The summed E-state index contributed by atoms with van der Waals surface area (Å²) >= 11 is 1.56. The molecule has 0 atom stereocenters. The Labute approximate surface area is 125 Å². The zero-order valence-corrected chi connectivity index (χ0v) is 11.8. The molecule has 0 saturated heterocycles. The highest BCUT2D eigenvalue weighted by atomic mass is 32.1. The fourth-order valence-electron chi connectivity index (χ4n) is 2.37. The van der Waals surface area contributed by atoms with E-state index >= 15 is 0 Å². The molecule has 0 amide bonds. The van der Waals surface area contributed by atoms with E-state index in [4.69, 9.17) is 0 Å². The molecule has 101 valence electrons. The van der Waals surface area contributed by atoms with Crippen LogP contribution in [0.1, 0.15) is 0 Å². The topological polar surface area (TPSA) is 61.3 Å². The molecule has 0 fully saturated rings. The lowest BCUT2D eigenvalue weighted by Gasteiger charge is -2.02. The summed E-state index contributed by atoms with van der Waals surface area (Å²) < 4.78 is 1.11. The SMILES string of the molecule is [O].[O]c1cc2ccccc2cc1-c1nc2ccccc2s1. The predicted molar refractivity (Wildman–Crippen MR) is 83.4 cm³/mol. The van der Waals surface area contributed by atoms with Crippen LogP contribution in [0, 0.1) is 0 Å². The normalized spacial score (nSPS) is 10.7. The van der Waals surface area contributed by atoms with Gasteiger partial charge in [0.05, 0.1) is 15.8 Å². The Bertz CT molecular complexity index is 897. The molecule has 3 radical (unpaired) electrons. The lowest BCUT2D eigenvalue weighted by atomic mass is 10.1. The molecular weight excluding hydrogens is 282 g/mol. The van der Waals surface area contributed by atoms with Crippen molar-refractivity contribution >= 4 is 32.3 Å². The fourth-order valence-corrected chi connectivity index (χ4v) is 3.36. The third-order valence-electron chi connectivity index (χ3n) is 3.37. The number of thiazole rings is 1. The third kappa shape index (κ3) is 2.24. The second-order valence-corrected chi connectivity index (χ2v) is 5.71. The van der Waals surface area contributed by atoms with Crippen LogP contribution >= 0.6 is 11.3 Å². The zero-order valence-electron chi connectivity index (χ0n) is 10.9. The highest BCUT2D eigenvalue weighted by molar-refractivity contribution is 7.21. The summed E-state index contributed by atoms with van der Waals surface area (Å²) in [7, 11) is 0. The Hall–Kier alpha value is -2.43. The Morgan fingerprint density at radius 3 is 2.29 bits per heavy atom. The van der Waals surface area contributed by atoms with Gasteiger partial charge < -0.3 is 0 Å². The van der Waals surface area contributed by atoms with Crippen LogP contribution in [0.5, 0.6) is 5.75 Å². The van der Waals surface area contributed by atoms with Gasteiger partial charge in [0, 0.05) is 5.48 Å². The quantitative estimate of drug-likeness (QED) is 0.479. The van der Waals surface area contributed by atoms with Crippen molar-refractivity contribution in [2.24, 2.45) is 0 Å². The van der Waals surface area contributed by atoms with Crippen LogP contribution in [0.2, 0.25) is 0 Å². The number of hydrogen-bond donors (Lipinski definition) is 0. The standard InChI is InChI=1S/C17H10NOS.O/c19-15-10-12-6-2-1-5-11(12)9-13(15)17-18-14-7-3-4-8-16(14)20-17;/h1-10H;. The largest absolute Gasteiger partial charge is 0.289 e. The van der Waals surface area contributed by atoms with E-state index in [-0.39, 0.29) is 11.2 Å². The maximum absolute atomic E-state index is 12.3. The number of benzene rings is 3. The highest BCUT2D eigenvalue weighted by Crippen LogP contribution is 2.37. The number of fused-ring (bicyclic) bond motifs is 2. The van der Waals surface area contributed by atoms with Gasteiger partial charge >= 0.3 is 0 Å². The van der Waals surface area contributed by atoms with Crippen molar-refractivity contribution in [3.63, 3.8) is 0 Å². The molecule has 0 spiro atoms. The van der Waals surface area contributed by atoms with Crippen molar-refractivity contribution in [1.29, 1.82) is 0 Å². The molecule has 1 aromatic heterocycles. The molecule has 0 N–H and O–H groups in total. The Morgan fingerprint density at radius 1 is 0.857 bits per heavy atom. The van der Waals surface area contributed by atoms with E-state index in [9.17, 15) is 5.11 Å². The van der Waals surface area contributed by atoms with Crippen molar-refractivity contribution in [2.75, 3.05) is 0 Å². The first-order valence-electron chi connectivity index (χ1n) is 6.37. The van der Waals surface area contributed by atoms with E-state index in [0.717, 1.165) is 26.0 Å². The summed E-state index contributed by atoms with van der Waals surface area (Å²) in [6, 6.07) is 19.5. The van der Waals surface area contributed by atoms with Gasteiger partial charge in [0.1, 0.15) is 5.01 Å². The molecule has 4 heteroatoms. The average molecular weight is 292 g/mol. The second-order valence-electron chi connectivity index (χ2n) is 4.68. The van der Waals surface area contributed by atoms with E-state index in [2.05, 4.69) is 4.98 Å². The van der Waals surface area contributed by atoms with Gasteiger partial charge in [-0.05, 0) is 35.0 Å². The number of rotatable bonds is 1. The summed E-state index contributed by atoms with van der Waals surface area (Å²) in [4.78, 5) is 4.57. The van der Waals surface area contributed by atoms with Crippen molar-refractivity contribution in [3.05, 3.63) is 60.7 Å². The van der Waals surface area contributed by atoms with Crippen molar-refractivity contribution in [2.45, 2.75) is 0 Å². The van der Waals surface area contributed by atoms with E-state index < -0.39 is 0 Å². The molecule has 4 aromatic rings. The van der Waals surface area contributed by atoms with E-state index in [1.807, 2.05) is 54.6 Å². The molecule has 1 heterocycles. The molecular formula is C17H10NO2S. The monoisotopic (exact) mass is 292 g/mol. The molecule has 0 aliphatic heterocycles. The van der Waals surface area contributed by atoms with Gasteiger partial charge in [0.2, 0.25) is 0 Å². The molecule has 0 bridgehead atoms. The smallest absolute Gasteiger partial charge is 0.189 e. The van der Waals surface area contributed by atoms with Gasteiger partial charge in [-0.1, -0.05) is 36.4 Å². The average Bonchev–Trinajstić information content (AvgIpc) is 2.90. The zero-order chi connectivity index (χ0) is 13.5. The van der Waals surface area contributed by atoms with Gasteiger partial charge in [-0.15, -0.1) is 11.3 Å². The minimum absolute atomic E-state index is 0. The summed E-state index contributed by atoms with van der Waals surface area (Å²) in [5.41, 5.74) is 1.63. The summed E-state index contributed by atoms with van der Waals surface area (Å²) in [5.74, 6) is 0.0303. The number of aromatic nitrogens is 1. The first-order chi connectivity index (χ1) is 9.81. The predicted octanol–water partition coefficient (Wildman–Crippen LogP) is 5.14. The van der Waals surface area contributed by atoms with Crippen LogP contribution in [0.25, 0.3) is 31.6 Å². The fraction of sp³-hybridized carbons (Fsp3) is 0. The van der Waals surface area contributed by atoms with Crippen molar-refractivity contribution in [1.82, 2.24) is 4.98 Å². The van der Waals surface area contributed by atoms with Crippen LogP contribution in [-0.4, -0.2) is 4.98 Å². The van der Waals surface area contributed by atoms with Crippen LogP contribution in [0.4, 0.5) is 0 Å². The highest BCUT2D eigenvalue weighted by Gasteiger charge is 2.12. The molecule has 21 heavy (non-hydrogen) atoms. The van der Waals surface area contributed by atoms with Crippen LogP contribution in [0.3, 0.4) is 0 Å². The van der Waals surface area contributed by atoms with Gasteiger partial charge in [0.25, 0.3) is 0 Å². The number of para-hydroxylation sites is 1. The molecule has 0 unspecified atom stereocenters. The molecule has 0 aliphatic carbocycles. The molecule has 0 aliphatic rings. The van der Waals surface area contributed by atoms with E-state index in [0.29, 0.717) is 5.56 Å². The lowest BCUT2D eigenvalue weighted by molar-refractivity contribution is 0.357. The summed E-state index contributed by atoms with van der Waals surface area (Å²) in [6.07, 6.45) is 0. The Balaban J connectivity index is 0.00000132. The number of hydrogen-bond acceptors (Lipinski definition) is 2. The minimum atomic E-state index is 0. The van der Waals surface area contributed by atoms with Gasteiger partial charge in [-0.3, -0.25) is 5.11 Å². The maximum Gasteiger partial charge on any atom is 0.189 e.